The number of ether oxygens (including phenoxy) is 2. The molecule has 6 nitrogen and oxygen atoms in total. The molecule has 0 saturated carbocycles. The van der Waals surface area contributed by atoms with Gasteiger partial charge in [-0.25, -0.2) is 4.39 Å². The van der Waals surface area contributed by atoms with Gasteiger partial charge in [0.25, 0.3) is 11.8 Å². The number of rotatable bonds is 9. The zero-order valence-corrected chi connectivity index (χ0v) is 15.0. The summed E-state index contributed by atoms with van der Waals surface area (Å²) in [5, 5.41) is 5.23. The van der Waals surface area contributed by atoms with Crippen LogP contribution in [0.15, 0.2) is 55.1 Å². The minimum Gasteiger partial charge on any atom is -0.493 e. The molecule has 142 valence electrons. The molecule has 0 atom stereocenters. The second-order valence-electron chi connectivity index (χ2n) is 5.46. The van der Waals surface area contributed by atoms with E-state index in [0.717, 1.165) is 0 Å². The molecule has 0 saturated heterocycles. The third-order valence-electron chi connectivity index (χ3n) is 3.60. The maximum Gasteiger partial charge on any atom is 0.254 e. The fraction of sp³-hybridized carbons (Fsp3) is 0.200. The number of benzene rings is 2. The van der Waals surface area contributed by atoms with Crippen LogP contribution in [0.4, 0.5) is 4.39 Å². The number of nitrogens with one attached hydrogen (secondary N) is 2. The highest BCUT2D eigenvalue weighted by Crippen LogP contribution is 2.28. The van der Waals surface area contributed by atoms with Gasteiger partial charge in [-0.3, -0.25) is 9.59 Å². The fourth-order valence-corrected chi connectivity index (χ4v) is 2.27. The maximum atomic E-state index is 13.5. The third-order valence-corrected chi connectivity index (χ3v) is 3.60. The monoisotopic (exact) mass is 372 g/mol. The van der Waals surface area contributed by atoms with E-state index < -0.39 is 11.7 Å². The van der Waals surface area contributed by atoms with Gasteiger partial charge in [-0.2, -0.15) is 0 Å². The quantitative estimate of drug-likeness (QED) is 0.524. The molecule has 2 amide bonds. The highest BCUT2D eigenvalue weighted by Gasteiger charge is 2.12. The number of methoxy groups -OCH3 is 1. The molecule has 0 bridgehead atoms. The molecule has 0 radical (unpaired) electrons. The SMILES string of the molecule is C=CCOc1ccc(C(=O)NCCNC(=O)c2ccccc2F)cc1OC. The van der Waals surface area contributed by atoms with Crippen molar-refractivity contribution in [3.63, 3.8) is 0 Å². The van der Waals surface area contributed by atoms with Gasteiger partial charge in [0.15, 0.2) is 11.5 Å². The number of halogens is 1. The Morgan fingerprint density at radius 2 is 1.78 bits per heavy atom. The van der Waals surface area contributed by atoms with Crippen LogP contribution in [0.25, 0.3) is 0 Å². The fourth-order valence-electron chi connectivity index (χ4n) is 2.27. The molecule has 0 spiro atoms. The zero-order chi connectivity index (χ0) is 19.6. The van der Waals surface area contributed by atoms with E-state index in [0.29, 0.717) is 23.7 Å². The van der Waals surface area contributed by atoms with Crippen LogP contribution in [0.2, 0.25) is 0 Å². The number of hydrogen-bond donors (Lipinski definition) is 2. The second-order valence-corrected chi connectivity index (χ2v) is 5.46. The van der Waals surface area contributed by atoms with E-state index in [1.165, 1.54) is 25.3 Å². The molecule has 2 aromatic carbocycles. The van der Waals surface area contributed by atoms with Gasteiger partial charge < -0.3 is 20.1 Å². The standard InChI is InChI=1S/C20H21FN2O4/c1-3-12-27-17-9-8-14(13-18(17)26-2)19(24)22-10-11-23-20(25)15-6-4-5-7-16(15)21/h3-9,13H,1,10-12H2,2H3,(H,22,24)(H,23,25). The van der Waals surface area contributed by atoms with Crippen molar-refractivity contribution in [1.82, 2.24) is 10.6 Å². The Hall–Kier alpha value is -3.35. The molecule has 0 aliphatic heterocycles. The first kappa shape index (κ1) is 20.0. The number of carbonyl (C=O) groups is 2. The van der Waals surface area contributed by atoms with Crippen LogP contribution >= 0.6 is 0 Å². The predicted octanol–water partition coefficient (Wildman–Crippen LogP) is 2.56. The molecule has 7 heteroatoms. The predicted molar refractivity (Wildman–Crippen MR) is 99.8 cm³/mol. The maximum absolute atomic E-state index is 13.5. The molecule has 27 heavy (non-hydrogen) atoms. The Bertz CT molecular complexity index is 823. The summed E-state index contributed by atoms with van der Waals surface area (Å²) in [6.45, 7) is 4.25. The topological polar surface area (TPSA) is 76.7 Å². The van der Waals surface area contributed by atoms with E-state index in [1.54, 1.807) is 30.3 Å². The zero-order valence-electron chi connectivity index (χ0n) is 15.0. The van der Waals surface area contributed by atoms with Crippen molar-refractivity contribution >= 4 is 11.8 Å². The lowest BCUT2D eigenvalue weighted by Crippen LogP contribution is -2.35. The first-order valence-electron chi connectivity index (χ1n) is 8.29. The van der Waals surface area contributed by atoms with Gasteiger partial charge in [0, 0.05) is 18.7 Å². The Kier molecular flexibility index (Phi) is 7.37. The summed E-state index contributed by atoms with van der Waals surface area (Å²) in [6, 6.07) is 10.5. The van der Waals surface area contributed by atoms with Crippen LogP contribution in [0.3, 0.4) is 0 Å². The van der Waals surface area contributed by atoms with Crippen LogP contribution < -0.4 is 20.1 Å². The Labute approximate surface area is 157 Å². The van der Waals surface area contributed by atoms with E-state index >= 15 is 0 Å². The van der Waals surface area contributed by atoms with Crippen molar-refractivity contribution < 1.29 is 23.5 Å². The van der Waals surface area contributed by atoms with E-state index in [4.69, 9.17) is 9.47 Å². The molecule has 0 heterocycles. The highest BCUT2D eigenvalue weighted by molar-refractivity contribution is 5.95. The van der Waals surface area contributed by atoms with Gasteiger partial charge in [-0.1, -0.05) is 24.8 Å². The summed E-state index contributed by atoms with van der Waals surface area (Å²) in [7, 11) is 1.48. The largest absolute Gasteiger partial charge is 0.493 e. The Morgan fingerprint density at radius 3 is 2.44 bits per heavy atom. The van der Waals surface area contributed by atoms with Crippen molar-refractivity contribution in [2.24, 2.45) is 0 Å². The van der Waals surface area contributed by atoms with E-state index in [-0.39, 0.29) is 24.6 Å². The molecule has 0 unspecified atom stereocenters. The van der Waals surface area contributed by atoms with Gasteiger partial charge in [-0.05, 0) is 30.3 Å². The summed E-state index contributed by atoms with van der Waals surface area (Å²) in [4.78, 5) is 24.1. The lowest BCUT2D eigenvalue weighted by molar-refractivity contribution is 0.0925. The molecule has 0 fully saturated rings. The van der Waals surface area contributed by atoms with Gasteiger partial charge in [-0.15, -0.1) is 0 Å². The number of hydrogen-bond acceptors (Lipinski definition) is 4. The average Bonchev–Trinajstić information content (AvgIpc) is 2.69. The lowest BCUT2D eigenvalue weighted by Gasteiger charge is -2.11. The van der Waals surface area contributed by atoms with Crippen LogP contribution in [0.1, 0.15) is 20.7 Å². The molecule has 2 N–H and O–H groups in total. The summed E-state index contributed by atoms with van der Waals surface area (Å²) < 4.78 is 24.2. The number of carbonyl (C=O) groups excluding carboxylic acids is 2. The first-order valence-corrected chi connectivity index (χ1v) is 8.29. The van der Waals surface area contributed by atoms with Crippen LogP contribution in [-0.2, 0) is 0 Å². The Morgan fingerprint density at radius 1 is 1.07 bits per heavy atom. The van der Waals surface area contributed by atoms with E-state index in [1.807, 2.05) is 0 Å². The molecule has 0 aliphatic carbocycles. The van der Waals surface area contributed by atoms with Gasteiger partial charge in [0.05, 0.1) is 12.7 Å². The van der Waals surface area contributed by atoms with Crippen molar-refractivity contribution in [3.8, 4) is 11.5 Å². The van der Waals surface area contributed by atoms with Crippen LogP contribution in [0, 0.1) is 5.82 Å². The summed E-state index contributed by atoms with van der Waals surface area (Å²) in [5.74, 6) is -0.523. The van der Waals surface area contributed by atoms with Gasteiger partial charge in [0.2, 0.25) is 0 Å². The summed E-state index contributed by atoms with van der Waals surface area (Å²) in [6.07, 6.45) is 1.61. The molecular formula is C20H21FN2O4. The van der Waals surface area contributed by atoms with E-state index in [9.17, 15) is 14.0 Å². The van der Waals surface area contributed by atoms with Crippen molar-refractivity contribution in [2.45, 2.75) is 0 Å². The minimum atomic E-state index is -0.593. The lowest BCUT2D eigenvalue weighted by atomic mass is 10.2. The normalized spacial score (nSPS) is 10.0. The minimum absolute atomic E-state index is 0.0383. The first-order chi connectivity index (χ1) is 13.1. The Balaban J connectivity index is 1.86. The average molecular weight is 372 g/mol. The smallest absolute Gasteiger partial charge is 0.254 e. The van der Waals surface area contributed by atoms with Crippen LogP contribution in [0.5, 0.6) is 11.5 Å². The van der Waals surface area contributed by atoms with Crippen molar-refractivity contribution in [2.75, 3.05) is 26.8 Å². The van der Waals surface area contributed by atoms with Crippen molar-refractivity contribution in [1.29, 1.82) is 0 Å². The molecule has 0 aromatic heterocycles. The van der Waals surface area contributed by atoms with E-state index in [2.05, 4.69) is 17.2 Å². The van der Waals surface area contributed by atoms with Crippen molar-refractivity contribution in [3.05, 3.63) is 72.1 Å². The van der Waals surface area contributed by atoms with Gasteiger partial charge in [0.1, 0.15) is 12.4 Å². The molecular weight excluding hydrogens is 351 g/mol. The third kappa shape index (κ3) is 5.57. The molecule has 0 aliphatic rings. The second kappa shape index (κ2) is 9.96. The highest BCUT2D eigenvalue weighted by atomic mass is 19.1. The number of amides is 2. The molecule has 2 rings (SSSR count). The summed E-state index contributed by atoms with van der Waals surface area (Å²) >= 11 is 0. The summed E-state index contributed by atoms with van der Waals surface area (Å²) in [5.41, 5.74) is 0.349. The molecule has 2 aromatic rings. The van der Waals surface area contributed by atoms with Crippen LogP contribution in [-0.4, -0.2) is 38.6 Å². The van der Waals surface area contributed by atoms with Gasteiger partial charge >= 0.3 is 0 Å².